The van der Waals surface area contributed by atoms with Crippen LogP contribution in [0.5, 0.6) is 5.75 Å². The summed E-state index contributed by atoms with van der Waals surface area (Å²) in [6.07, 6.45) is 8.45. The molecule has 3 saturated carbocycles. The number of carbonyl (C=O) groups is 2. The lowest BCUT2D eigenvalue weighted by atomic mass is 9.48. The second kappa shape index (κ2) is 9.86. The van der Waals surface area contributed by atoms with Crippen LogP contribution in [-0.4, -0.2) is 52.5 Å². The van der Waals surface area contributed by atoms with Gasteiger partial charge in [0.25, 0.3) is 0 Å². The fourth-order valence-corrected chi connectivity index (χ4v) is 14.6. The van der Waals surface area contributed by atoms with Crippen LogP contribution in [0.2, 0.25) is 0 Å². The molecule has 0 unspecified atom stereocenters. The van der Waals surface area contributed by atoms with Gasteiger partial charge in [-0.1, -0.05) is 80.1 Å². The molecule has 1 N–H and O–H groups in total. The van der Waals surface area contributed by atoms with Gasteiger partial charge in [-0.25, -0.2) is 0 Å². The molecule has 2 spiro atoms. The predicted octanol–water partition coefficient (Wildman–Crippen LogP) is 7.90. The van der Waals surface area contributed by atoms with Gasteiger partial charge in [0.15, 0.2) is 5.78 Å². The van der Waals surface area contributed by atoms with Crippen LogP contribution >= 0.6 is 11.8 Å². The summed E-state index contributed by atoms with van der Waals surface area (Å²) in [7, 11) is 1.74. The number of methoxy groups -OCH3 is 1. The number of allylic oxidation sites excluding steroid dienone is 1. The number of hydrogen-bond acceptors (Lipinski definition) is 6. The number of thioether (sulfide) groups is 1. The third kappa shape index (κ3) is 3.25. The maximum absolute atomic E-state index is 16.3. The lowest BCUT2D eigenvalue weighted by molar-refractivity contribution is -0.141. The topological polar surface area (TPSA) is 66.8 Å². The fourth-order valence-electron chi connectivity index (χ4n) is 13.3. The van der Waals surface area contributed by atoms with Crippen molar-refractivity contribution in [3.63, 3.8) is 0 Å². The quantitative estimate of drug-likeness (QED) is 0.282. The number of benzene rings is 3. The Balaban J connectivity index is 1.24. The molecule has 5 nitrogen and oxygen atoms in total. The zero-order chi connectivity index (χ0) is 32.8. The first-order valence-electron chi connectivity index (χ1n) is 18.2. The Morgan fingerprint density at radius 3 is 2.56 bits per heavy atom. The van der Waals surface area contributed by atoms with Gasteiger partial charge in [-0.05, 0) is 96.1 Å². The highest BCUT2D eigenvalue weighted by atomic mass is 32.2. The van der Waals surface area contributed by atoms with Gasteiger partial charge in [0, 0.05) is 34.6 Å². The average molecular weight is 660 g/mol. The number of carbonyl (C=O) groups excluding carboxylic acids is 2. The Hall–Kier alpha value is -2.93. The molecule has 10 atom stereocenters. The van der Waals surface area contributed by atoms with Crippen LogP contribution in [0, 0.1) is 34.0 Å². The molecule has 3 aromatic carbocycles. The second-order valence-electron chi connectivity index (χ2n) is 16.6. The smallest absolute Gasteiger partial charge is 0.189 e. The van der Waals surface area contributed by atoms with E-state index in [1.807, 2.05) is 36.0 Å². The van der Waals surface area contributed by atoms with E-state index in [4.69, 9.17) is 4.74 Å². The number of rotatable bonds is 2. The Labute approximate surface area is 287 Å². The maximum atomic E-state index is 16.3. The van der Waals surface area contributed by atoms with E-state index in [1.54, 1.807) is 7.11 Å². The van der Waals surface area contributed by atoms with Crippen LogP contribution in [0.3, 0.4) is 0 Å². The minimum absolute atomic E-state index is 0.0403. The molecule has 0 aromatic heterocycles. The van der Waals surface area contributed by atoms with E-state index >= 15 is 9.59 Å². The summed E-state index contributed by atoms with van der Waals surface area (Å²) in [4.78, 5) is 34.5. The van der Waals surface area contributed by atoms with Crippen LogP contribution in [-0.2, 0) is 10.3 Å². The first kappa shape index (κ1) is 29.9. The van der Waals surface area contributed by atoms with Crippen molar-refractivity contribution in [2.45, 2.75) is 82.4 Å². The van der Waals surface area contributed by atoms with Crippen molar-refractivity contribution < 1.29 is 19.4 Å². The van der Waals surface area contributed by atoms with Crippen LogP contribution in [0.25, 0.3) is 10.8 Å². The minimum atomic E-state index is -1.06. The van der Waals surface area contributed by atoms with Crippen molar-refractivity contribution in [1.82, 2.24) is 4.90 Å². The van der Waals surface area contributed by atoms with Crippen molar-refractivity contribution in [3.8, 4) is 5.75 Å². The molecule has 6 heteroatoms. The standard InChI is InChI=1S/C42H45NO4S/c1-39-18-16-26(44)20-25(39)14-15-27-30(39)17-19-40(2)32(27)21-41(38(40)46)36(28-10-4-5-13-34(28)47-3)33-22-48-23-43(33)42(41)31-12-7-9-24-8-6-11-29(35(24)31)37(42)45/h4-14,26-27,30,32-33,36,44H,15-23H2,1-3H3/t26-,27+,30-,32-,33-,36-,39-,40-,41-,42-/m0/s1. The Bertz CT molecular complexity index is 1950. The third-order valence-electron chi connectivity index (χ3n) is 15.2. The van der Waals surface area contributed by atoms with Crippen LogP contribution in [0.1, 0.15) is 86.2 Å². The molecule has 0 radical (unpaired) electrons. The number of ether oxygens (including phenoxy) is 1. The Kier molecular flexibility index (Phi) is 6.15. The summed E-state index contributed by atoms with van der Waals surface area (Å²) in [6.45, 7) is 4.74. The number of aliphatic hydroxyl groups is 1. The number of ketones is 2. The van der Waals surface area contributed by atoms with E-state index in [9.17, 15) is 5.11 Å². The van der Waals surface area contributed by atoms with Crippen LogP contribution in [0.15, 0.2) is 72.3 Å². The van der Waals surface area contributed by atoms with E-state index in [0.717, 1.165) is 89.8 Å². The summed E-state index contributed by atoms with van der Waals surface area (Å²) in [5.74, 6) is 3.79. The van der Waals surface area contributed by atoms with Gasteiger partial charge in [-0.2, -0.15) is 0 Å². The molecule has 248 valence electrons. The van der Waals surface area contributed by atoms with E-state index < -0.39 is 16.4 Å². The summed E-state index contributed by atoms with van der Waals surface area (Å²) >= 11 is 1.90. The minimum Gasteiger partial charge on any atom is -0.496 e. The van der Waals surface area contributed by atoms with Crippen LogP contribution < -0.4 is 4.74 Å². The Morgan fingerprint density at radius 1 is 0.938 bits per heavy atom. The van der Waals surface area contributed by atoms with E-state index in [-0.39, 0.29) is 35.2 Å². The van der Waals surface area contributed by atoms with E-state index in [2.05, 4.69) is 61.2 Å². The van der Waals surface area contributed by atoms with Gasteiger partial charge in [0.1, 0.15) is 17.1 Å². The van der Waals surface area contributed by atoms with Crippen molar-refractivity contribution >= 4 is 34.1 Å². The molecule has 3 aromatic rings. The molecule has 2 aliphatic heterocycles. The van der Waals surface area contributed by atoms with E-state index in [1.165, 1.54) is 5.57 Å². The Morgan fingerprint density at radius 2 is 1.73 bits per heavy atom. The molecule has 5 fully saturated rings. The van der Waals surface area contributed by atoms with Crippen molar-refractivity contribution in [1.29, 1.82) is 0 Å². The predicted molar refractivity (Wildman–Crippen MR) is 189 cm³/mol. The zero-order valence-electron chi connectivity index (χ0n) is 28.2. The van der Waals surface area contributed by atoms with Gasteiger partial charge < -0.3 is 9.84 Å². The second-order valence-corrected chi connectivity index (χ2v) is 17.6. The third-order valence-corrected chi connectivity index (χ3v) is 16.2. The normalized spacial score (nSPS) is 42.6. The molecule has 0 bridgehead atoms. The molecule has 2 heterocycles. The largest absolute Gasteiger partial charge is 0.496 e. The molecule has 7 aliphatic rings. The molecule has 2 saturated heterocycles. The van der Waals surface area contributed by atoms with Crippen molar-refractivity contribution in [2.24, 2.45) is 34.0 Å². The lowest BCUT2D eigenvalue weighted by Gasteiger charge is -2.56. The molecule has 5 aliphatic carbocycles. The number of Topliss-reactive ketones (excluding diaryl/α,β-unsaturated/α-hetero) is 2. The van der Waals surface area contributed by atoms with Gasteiger partial charge >= 0.3 is 0 Å². The number of nitrogens with zero attached hydrogens (tertiary/aromatic N) is 1. The fraction of sp³-hybridized carbons (Fsp3) is 0.524. The zero-order valence-corrected chi connectivity index (χ0v) is 29.0. The highest BCUT2D eigenvalue weighted by molar-refractivity contribution is 7.99. The summed E-state index contributed by atoms with van der Waals surface area (Å²) in [5.41, 5.74) is 1.92. The summed E-state index contributed by atoms with van der Waals surface area (Å²) < 4.78 is 6.10. The lowest BCUT2D eigenvalue weighted by Crippen LogP contribution is -2.58. The monoisotopic (exact) mass is 659 g/mol. The average Bonchev–Trinajstić information content (AvgIpc) is 3.80. The molecular formula is C42H45NO4S. The van der Waals surface area contributed by atoms with E-state index in [0.29, 0.717) is 17.6 Å². The van der Waals surface area contributed by atoms with Gasteiger partial charge in [0.2, 0.25) is 0 Å². The molecule has 0 amide bonds. The number of para-hydroxylation sites is 1. The number of fused-ring (bicyclic) bond motifs is 9. The van der Waals surface area contributed by atoms with Gasteiger partial charge in [-0.15, -0.1) is 11.8 Å². The highest BCUT2D eigenvalue weighted by Crippen LogP contribution is 2.78. The highest BCUT2D eigenvalue weighted by Gasteiger charge is 2.82. The molecule has 10 rings (SSSR count). The summed E-state index contributed by atoms with van der Waals surface area (Å²) in [6, 6.07) is 21.0. The first-order chi connectivity index (χ1) is 23.2. The first-order valence-corrected chi connectivity index (χ1v) is 19.3. The summed E-state index contributed by atoms with van der Waals surface area (Å²) in [5, 5.41) is 12.8. The molecule has 48 heavy (non-hydrogen) atoms. The SMILES string of the molecule is COc1ccccc1[C@H]1[C@@H]2CSCN2[C@@]2(C(=O)c3cccc4cccc2c34)[C@@]12C[C@H]1[C@@H]3CC=C4C[C@@H](O)CC[C@]4(C)[C@H]3CC[C@]1(C)C2=O. The van der Waals surface area contributed by atoms with Crippen molar-refractivity contribution in [2.75, 3.05) is 18.7 Å². The van der Waals surface area contributed by atoms with Crippen molar-refractivity contribution in [3.05, 3.63) is 89.0 Å². The van der Waals surface area contributed by atoms with Gasteiger partial charge in [0.05, 0.1) is 18.6 Å². The van der Waals surface area contributed by atoms with Crippen LogP contribution in [0.4, 0.5) is 0 Å². The number of aliphatic hydroxyl groups excluding tert-OH is 1. The van der Waals surface area contributed by atoms with Gasteiger partial charge in [-0.3, -0.25) is 14.5 Å². The number of hydrogen-bond donors (Lipinski definition) is 1. The maximum Gasteiger partial charge on any atom is 0.189 e. The molecular weight excluding hydrogens is 615 g/mol.